The molecule has 0 amide bonds. The third-order valence-electron chi connectivity index (χ3n) is 2.01. The molecule has 2 rings (SSSR count). The lowest BCUT2D eigenvalue weighted by molar-refractivity contribution is 0.572. The van der Waals surface area contributed by atoms with Gasteiger partial charge >= 0.3 is 0 Å². The number of thioether (sulfide) groups is 1. The van der Waals surface area contributed by atoms with Gasteiger partial charge < -0.3 is 4.42 Å². The Hall–Kier alpha value is -0.960. The van der Waals surface area contributed by atoms with Gasteiger partial charge in [0.15, 0.2) is 0 Å². The zero-order valence-corrected chi connectivity index (χ0v) is 8.73. The van der Waals surface area contributed by atoms with Crippen molar-refractivity contribution in [2.45, 2.75) is 12.7 Å². The Labute approximate surface area is 86.3 Å². The number of furan rings is 1. The lowest BCUT2D eigenvalue weighted by atomic mass is 10.2. The summed E-state index contributed by atoms with van der Waals surface area (Å²) in [6.07, 6.45) is 0. The van der Waals surface area contributed by atoms with Gasteiger partial charge in [-0.25, -0.2) is 4.39 Å². The molecule has 0 radical (unpaired) electrons. The number of benzene rings is 1. The summed E-state index contributed by atoms with van der Waals surface area (Å²) in [6.45, 7) is 2.09. The van der Waals surface area contributed by atoms with Crippen molar-refractivity contribution in [1.29, 1.82) is 0 Å². The molecule has 0 unspecified atom stereocenters. The largest absolute Gasteiger partial charge is 0.460 e. The van der Waals surface area contributed by atoms with Crippen molar-refractivity contribution in [2.75, 3.05) is 5.75 Å². The fourth-order valence-electron chi connectivity index (χ4n) is 1.35. The molecular formula is C11H11FOS. The Morgan fingerprint density at radius 3 is 3.00 bits per heavy atom. The second-order valence-corrected chi connectivity index (χ2v) is 4.28. The molecule has 2 aromatic rings. The van der Waals surface area contributed by atoms with E-state index in [4.69, 9.17) is 4.42 Å². The van der Waals surface area contributed by atoms with E-state index >= 15 is 0 Å². The summed E-state index contributed by atoms with van der Waals surface area (Å²) in [4.78, 5) is 0. The fraction of sp³-hybridized carbons (Fsp3) is 0.273. The molecule has 74 valence electrons. The number of fused-ring (bicyclic) bond motifs is 1. The predicted molar refractivity (Wildman–Crippen MR) is 58.0 cm³/mol. The molecule has 1 nitrogen and oxygen atoms in total. The summed E-state index contributed by atoms with van der Waals surface area (Å²) in [7, 11) is 0. The highest BCUT2D eigenvalue weighted by Gasteiger charge is 2.06. The van der Waals surface area contributed by atoms with Gasteiger partial charge in [0, 0.05) is 0 Å². The van der Waals surface area contributed by atoms with Gasteiger partial charge in [0.2, 0.25) is 0 Å². The van der Waals surface area contributed by atoms with Crippen LogP contribution in [0.4, 0.5) is 4.39 Å². The first-order valence-corrected chi connectivity index (χ1v) is 5.71. The topological polar surface area (TPSA) is 13.1 Å². The summed E-state index contributed by atoms with van der Waals surface area (Å²) in [5, 5.41) is 0.583. The van der Waals surface area contributed by atoms with Gasteiger partial charge in [-0.15, -0.1) is 0 Å². The maximum Gasteiger partial charge on any atom is 0.137 e. The molecule has 0 bridgehead atoms. The van der Waals surface area contributed by atoms with E-state index in [0.717, 1.165) is 17.3 Å². The summed E-state index contributed by atoms with van der Waals surface area (Å²) in [6, 6.07) is 6.69. The Bertz CT molecular complexity index is 436. The maximum absolute atomic E-state index is 13.3. The fourth-order valence-corrected chi connectivity index (χ4v) is 1.90. The third kappa shape index (κ3) is 1.77. The molecule has 0 aliphatic carbocycles. The van der Waals surface area contributed by atoms with Crippen LogP contribution in [-0.4, -0.2) is 5.75 Å². The van der Waals surface area contributed by atoms with E-state index in [1.165, 1.54) is 6.07 Å². The average Bonchev–Trinajstić information content (AvgIpc) is 2.59. The van der Waals surface area contributed by atoms with Gasteiger partial charge in [0.05, 0.1) is 11.1 Å². The van der Waals surface area contributed by atoms with Gasteiger partial charge in [-0.1, -0.05) is 13.0 Å². The van der Waals surface area contributed by atoms with Crippen LogP contribution in [0.15, 0.2) is 28.7 Å². The zero-order valence-electron chi connectivity index (χ0n) is 7.92. The van der Waals surface area contributed by atoms with E-state index in [-0.39, 0.29) is 5.82 Å². The van der Waals surface area contributed by atoms with E-state index in [9.17, 15) is 4.39 Å². The molecule has 1 aromatic carbocycles. The molecule has 0 saturated heterocycles. The first-order chi connectivity index (χ1) is 6.81. The van der Waals surface area contributed by atoms with Crippen molar-refractivity contribution >= 4 is 22.7 Å². The molecule has 0 saturated carbocycles. The normalized spacial score (nSPS) is 11.0. The molecule has 0 aliphatic heterocycles. The van der Waals surface area contributed by atoms with Gasteiger partial charge in [0.25, 0.3) is 0 Å². The van der Waals surface area contributed by atoms with Gasteiger partial charge in [0.1, 0.15) is 17.2 Å². The van der Waals surface area contributed by atoms with Crippen LogP contribution in [0.1, 0.15) is 12.7 Å². The molecule has 14 heavy (non-hydrogen) atoms. The van der Waals surface area contributed by atoms with Crippen LogP contribution >= 0.6 is 11.8 Å². The monoisotopic (exact) mass is 210 g/mol. The highest BCUT2D eigenvalue weighted by Crippen LogP contribution is 2.24. The van der Waals surface area contributed by atoms with Crippen LogP contribution < -0.4 is 0 Å². The minimum atomic E-state index is -0.209. The Balaban J connectivity index is 2.36. The molecular weight excluding hydrogens is 199 g/mol. The number of halogens is 1. The molecule has 0 N–H and O–H groups in total. The lowest BCUT2D eigenvalue weighted by Crippen LogP contribution is -1.74. The third-order valence-corrected chi connectivity index (χ3v) is 2.90. The van der Waals surface area contributed by atoms with Crippen LogP contribution in [-0.2, 0) is 5.75 Å². The van der Waals surface area contributed by atoms with E-state index in [0.29, 0.717) is 11.0 Å². The maximum atomic E-state index is 13.3. The van der Waals surface area contributed by atoms with Gasteiger partial charge in [-0.3, -0.25) is 0 Å². The number of hydrogen-bond acceptors (Lipinski definition) is 2. The minimum absolute atomic E-state index is 0.209. The van der Waals surface area contributed by atoms with E-state index < -0.39 is 0 Å². The van der Waals surface area contributed by atoms with Crippen molar-refractivity contribution < 1.29 is 8.81 Å². The minimum Gasteiger partial charge on any atom is -0.460 e. The van der Waals surface area contributed by atoms with Crippen molar-refractivity contribution in [3.63, 3.8) is 0 Å². The first-order valence-electron chi connectivity index (χ1n) is 4.56. The highest BCUT2D eigenvalue weighted by atomic mass is 32.2. The van der Waals surface area contributed by atoms with Crippen LogP contribution in [0, 0.1) is 5.82 Å². The molecule has 0 fully saturated rings. The molecule has 1 aromatic heterocycles. The Kier molecular flexibility index (Phi) is 2.77. The van der Waals surface area contributed by atoms with Crippen molar-refractivity contribution in [2.24, 2.45) is 0 Å². The van der Waals surface area contributed by atoms with Crippen LogP contribution in [0.5, 0.6) is 0 Å². The van der Waals surface area contributed by atoms with E-state index in [2.05, 4.69) is 6.92 Å². The summed E-state index contributed by atoms with van der Waals surface area (Å²) >= 11 is 1.77. The molecule has 1 heterocycles. The highest BCUT2D eigenvalue weighted by molar-refractivity contribution is 7.98. The second-order valence-electron chi connectivity index (χ2n) is 3.00. The predicted octanol–water partition coefficient (Wildman–Crippen LogP) is 3.83. The van der Waals surface area contributed by atoms with Crippen molar-refractivity contribution in [3.05, 3.63) is 35.8 Å². The first kappa shape index (κ1) is 9.59. The summed E-state index contributed by atoms with van der Waals surface area (Å²) < 4.78 is 18.7. The van der Waals surface area contributed by atoms with Crippen LogP contribution in [0.2, 0.25) is 0 Å². The second kappa shape index (κ2) is 4.05. The average molecular weight is 210 g/mol. The molecule has 3 heteroatoms. The lowest BCUT2D eigenvalue weighted by Gasteiger charge is -1.91. The van der Waals surface area contributed by atoms with Crippen LogP contribution in [0.25, 0.3) is 11.0 Å². The molecule has 0 spiro atoms. The van der Waals surface area contributed by atoms with E-state index in [1.54, 1.807) is 30.0 Å². The molecule has 0 atom stereocenters. The quantitative estimate of drug-likeness (QED) is 0.763. The SMILES string of the molecule is CCSCc1cc2c(F)cccc2o1. The van der Waals surface area contributed by atoms with Crippen molar-refractivity contribution in [3.8, 4) is 0 Å². The summed E-state index contributed by atoms with van der Waals surface area (Å²) in [5.41, 5.74) is 0.636. The number of rotatable bonds is 3. The van der Waals surface area contributed by atoms with Crippen LogP contribution in [0.3, 0.4) is 0 Å². The zero-order chi connectivity index (χ0) is 9.97. The molecule has 0 aliphatic rings. The van der Waals surface area contributed by atoms with Gasteiger partial charge in [-0.2, -0.15) is 11.8 Å². The van der Waals surface area contributed by atoms with E-state index in [1.807, 2.05) is 0 Å². The van der Waals surface area contributed by atoms with Gasteiger partial charge in [-0.05, 0) is 24.0 Å². The number of hydrogen-bond donors (Lipinski definition) is 0. The Morgan fingerprint density at radius 1 is 1.43 bits per heavy atom. The summed E-state index contributed by atoms with van der Waals surface area (Å²) in [5.74, 6) is 2.49. The van der Waals surface area contributed by atoms with Crippen molar-refractivity contribution in [1.82, 2.24) is 0 Å². The smallest absolute Gasteiger partial charge is 0.137 e. The standard InChI is InChI=1S/C11H11FOS/c1-2-14-7-8-6-9-10(12)4-3-5-11(9)13-8/h3-6H,2,7H2,1H3. The Morgan fingerprint density at radius 2 is 2.29 bits per heavy atom.